The molecule has 0 aliphatic rings. The standard InChI is InChI=1S/C13H17N3/c1-10(2)15-13-14-8-9-16(13)12-6-4-11(3)5-7-12/h4-10H,1-3H3,(H,14,15). The number of rotatable bonds is 3. The van der Waals surface area contributed by atoms with Crippen molar-refractivity contribution in [1.82, 2.24) is 9.55 Å². The van der Waals surface area contributed by atoms with Gasteiger partial charge >= 0.3 is 0 Å². The second kappa shape index (κ2) is 4.39. The SMILES string of the molecule is Cc1ccc(-n2ccnc2NC(C)C)cc1. The predicted molar refractivity (Wildman–Crippen MR) is 67.1 cm³/mol. The number of nitrogens with zero attached hydrogens (tertiary/aromatic N) is 2. The maximum absolute atomic E-state index is 4.31. The van der Waals surface area contributed by atoms with Crippen LogP contribution >= 0.6 is 0 Å². The Balaban J connectivity index is 2.33. The van der Waals surface area contributed by atoms with Crippen LogP contribution in [-0.2, 0) is 0 Å². The van der Waals surface area contributed by atoms with Crippen LogP contribution in [0, 0.1) is 6.92 Å². The Labute approximate surface area is 96.1 Å². The molecule has 84 valence electrons. The third-order valence-electron chi connectivity index (χ3n) is 2.37. The monoisotopic (exact) mass is 215 g/mol. The van der Waals surface area contributed by atoms with Crippen molar-refractivity contribution in [2.24, 2.45) is 0 Å². The molecule has 0 amide bonds. The number of anilines is 1. The van der Waals surface area contributed by atoms with Gasteiger partial charge in [-0.3, -0.25) is 4.57 Å². The highest BCUT2D eigenvalue weighted by molar-refractivity contribution is 5.42. The fourth-order valence-corrected chi connectivity index (χ4v) is 1.58. The second-order valence-corrected chi connectivity index (χ2v) is 4.26. The molecule has 1 aromatic heterocycles. The highest BCUT2D eigenvalue weighted by atomic mass is 15.2. The van der Waals surface area contributed by atoms with Gasteiger partial charge in [0.2, 0.25) is 5.95 Å². The highest BCUT2D eigenvalue weighted by Crippen LogP contribution is 2.15. The quantitative estimate of drug-likeness (QED) is 0.853. The fourth-order valence-electron chi connectivity index (χ4n) is 1.58. The van der Waals surface area contributed by atoms with Gasteiger partial charge in [0.05, 0.1) is 0 Å². The van der Waals surface area contributed by atoms with Crippen LogP contribution in [0.15, 0.2) is 36.7 Å². The normalized spacial score (nSPS) is 10.8. The first-order valence-corrected chi connectivity index (χ1v) is 5.54. The molecule has 0 fully saturated rings. The number of aryl methyl sites for hydroxylation is 1. The van der Waals surface area contributed by atoms with Gasteiger partial charge in [0.25, 0.3) is 0 Å². The van der Waals surface area contributed by atoms with E-state index in [9.17, 15) is 0 Å². The molecule has 0 saturated heterocycles. The topological polar surface area (TPSA) is 29.9 Å². The van der Waals surface area contributed by atoms with E-state index in [1.165, 1.54) is 5.56 Å². The minimum absolute atomic E-state index is 0.381. The maximum atomic E-state index is 4.31. The molecule has 16 heavy (non-hydrogen) atoms. The first-order valence-electron chi connectivity index (χ1n) is 5.54. The summed E-state index contributed by atoms with van der Waals surface area (Å²) < 4.78 is 2.06. The summed E-state index contributed by atoms with van der Waals surface area (Å²) in [6.45, 7) is 6.30. The molecule has 0 radical (unpaired) electrons. The number of hydrogen-bond acceptors (Lipinski definition) is 2. The molecule has 0 aliphatic carbocycles. The molecule has 1 aromatic carbocycles. The van der Waals surface area contributed by atoms with Crippen LogP contribution in [0.25, 0.3) is 5.69 Å². The van der Waals surface area contributed by atoms with Gasteiger partial charge in [-0.1, -0.05) is 17.7 Å². The summed E-state index contributed by atoms with van der Waals surface area (Å²) in [5.74, 6) is 0.888. The molecule has 1 N–H and O–H groups in total. The van der Waals surface area contributed by atoms with Crippen LogP contribution in [0.1, 0.15) is 19.4 Å². The van der Waals surface area contributed by atoms with E-state index in [4.69, 9.17) is 0 Å². The molecular weight excluding hydrogens is 198 g/mol. The van der Waals surface area contributed by atoms with Crippen LogP contribution in [0.3, 0.4) is 0 Å². The Bertz CT molecular complexity index is 454. The van der Waals surface area contributed by atoms with Gasteiger partial charge in [-0.15, -0.1) is 0 Å². The van der Waals surface area contributed by atoms with Gasteiger partial charge in [-0.05, 0) is 32.9 Å². The summed E-state index contributed by atoms with van der Waals surface area (Å²) in [5.41, 5.74) is 2.40. The minimum Gasteiger partial charge on any atom is -0.353 e. The lowest BCUT2D eigenvalue weighted by Crippen LogP contribution is -2.13. The van der Waals surface area contributed by atoms with Crippen molar-refractivity contribution < 1.29 is 0 Å². The average Bonchev–Trinajstić information content (AvgIpc) is 2.66. The van der Waals surface area contributed by atoms with E-state index < -0.39 is 0 Å². The van der Waals surface area contributed by atoms with Crippen molar-refractivity contribution in [3.8, 4) is 5.69 Å². The third kappa shape index (κ3) is 2.24. The first-order chi connectivity index (χ1) is 7.66. The Morgan fingerprint density at radius 1 is 1.19 bits per heavy atom. The van der Waals surface area contributed by atoms with Crippen molar-refractivity contribution in [3.63, 3.8) is 0 Å². The molecule has 2 rings (SSSR count). The van der Waals surface area contributed by atoms with E-state index in [-0.39, 0.29) is 0 Å². The molecule has 0 unspecified atom stereocenters. The van der Waals surface area contributed by atoms with Crippen LogP contribution < -0.4 is 5.32 Å². The van der Waals surface area contributed by atoms with Crippen molar-refractivity contribution in [2.45, 2.75) is 26.8 Å². The van der Waals surface area contributed by atoms with Crippen LogP contribution in [0.4, 0.5) is 5.95 Å². The van der Waals surface area contributed by atoms with Gasteiger partial charge in [0, 0.05) is 24.1 Å². The Kier molecular flexibility index (Phi) is 2.95. The van der Waals surface area contributed by atoms with E-state index in [2.05, 4.69) is 59.9 Å². The molecular formula is C13H17N3. The highest BCUT2D eigenvalue weighted by Gasteiger charge is 2.05. The number of benzene rings is 1. The lowest BCUT2D eigenvalue weighted by Gasteiger charge is -2.12. The van der Waals surface area contributed by atoms with Gasteiger partial charge < -0.3 is 5.32 Å². The van der Waals surface area contributed by atoms with Gasteiger partial charge in [-0.2, -0.15) is 0 Å². The molecule has 0 spiro atoms. The smallest absolute Gasteiger partial charge is 0.207 e. The molecule has 2 aromatic rings. The molecule has 0 aliphatic heterocycles. The Morgan fingerprint density at radius 3 is 2.50 bits per heavy atom. The summed E-state index contributed by atoms with van der Waals surface area (Å²) in [7, 11) is 0. The summed E-state index contributed by atoms with van der Waals surface area (Å²) >= 11 is 0. The summed E-state index contributed by atoms with van der Waals surface area (Å²) in [4.78, 5) is 4.31. The third-order valence-corrected chi connectivity index (χ3v) is 2.37. The maximum Gasteiger partial charge on any atom is 0.207 e. The van der Waals surface area contributed by atoms with Crippen molar-refractivity contribution >= 4 is 5.95 Å². The fraction of sp³-hybridized carbons (Fsp3) is 0.308. The predicted octanol–water partition coefficient (Wildman–Crippen LogP) is 3.00. The van der Waals surface area contributed by atoms with Crippen molar-refractivity contribution in [3.05, 3.63) is 42.2 Å². The lowest BCUT2D eigenvalue weighted by molar-refractivity contribution is 0.864. The zero-order valence-electron chi connectivity index (χ0n) is 9.94. The van der Waals surface area contributed by atoms with E-state index in [1.807, 2.05) is 12.4 Å². The summed E-state index contributed by atoms with van der Waals surface area (Å²) in [6.07, 6.45) is 3.78. The van der Waals surface area contributed by atoms with E-state index in [0.717, 1.165) is 11.6 Å². The number of aromatic nitrogens is 2. The van der Waals surface area contributed by atoms with Crippen molar-refractivity contribution in [2.75, 3.05) is 5.32 Å². The molecule has 0 atom stereocenters. The average molecular weight is 215 g/mol. The second-order valence-electron chi connectivity index (χ2n) is 4.26. The number of hydrogen-bond donors (Lipinski definition) is 1. The van der Waals surface area contributed by atoms with Crippen LogP contribution in [-0.4, -0.2) is 15.6 Å². The van der Waals surface area contributed by atoms with Gasteiger partial charge in [0.15, 0.2) is 0 Å². The molecule has 0 bridgehead atoms. The van der Waals surface area contributed by atoms with E-state index in [1.54, 1.807) is 0 Å². The zero-order valence-corrected chi connectivity index (χ0v) is 9.94. The van der Waals surface area contributed by atoms with Crippen molar-refractivity contribution in [1.29, 1.82) is 0 Å². The van der Waals surface area contributed by atoms with Gasteiger partial charge in [0.1, 0.15) is 0 Å². The van der Waals surface area contributed by atoms with Crippen LogP contribution in [0.2, 0.25) is 0 Å². The summed E-state index contributed by atoms with van der Waals surface area (Å²) in [6, 6.07) is 8.79. The summed E-state index contributed by atoms with van der Waals surface area (Å²) in [5, 5.41) is 3.32. The van der Waals surface area contributed by atoms with Gasteiger partial charge in [-0.25, -0.2) is 4.98 Å². The molecule has 3 heteroatoms. The number of nitrogens with one attached hydrogen (secondary N) is 1. The zero-order chi connectivity index (χ0) is 11.5. The minimum atomic E-state index is 0.381. The lowest BCUT2D eigenvalue weighted by atomic mass is 10.2. The number of imidazole rings is 1. The molecule has 3 nitrogen and oxygen atoms in total. The molecule has 1 heterocycles. The largest absolute Gasteiger partial charge is 0.353 e. The van der Waals surface area contributed by atoms with E-state index >= 15 is 0 Å². The molecule has 0 saturated carbocycles. The Morgan fingerprint density at radius 2 is 1.88 bits per heavy atom. The van der Waals surface area contributed by atoms with Crippen LogP contribution in [0.5, 0.6) is 0 Å². The Hall–Kier alpha value is -1.77. The van der Waals surface area contributed by atoms with E-state index in [0.29, 0.717) is 6.04 Å². The first kappa shape index (κ1) is 10.7.